The average Bonchev–Trinajstić information content (AvgIpc) is 2.32. The SMILES string of the molecule is Cc1ccc([C@@H](N2CCNCC2)C(F)(F)F)c(F)c1.Cl.Cl. The van der Waals surface area contributed by atoms with Crippen molar-refractivity contribution >= 4 is 24.8 Å². The molecule has 0 spiro atoms. The third kappa shape index (κ3) is 4.98. The maximum atomic E-state index is 13.8. The quantitative estimate of drug-likeness (QED) is 0.823. The van der Waals surface area contributed by atoms with Crippen LogP contribution in [0.25, 0.3) is 0 Å². The zero-order chi connectivity index (χ0) is 14.0. The highest BCUT2D eigenvalue weighted by molar-refractivity contribution is 5.85. The molecular formula is C13H18Cl2F4N2. The number of aryl methyl sites for hydroxylation is 1. The van der Waals surface area contributed by atoms with Crippen LogP contribution in [0, 0.1) is 12.7 Å². The lowest BCUT2D eigenvalue weighted by molar-refractivity contribution is -0.188. The van der Waals surface area contributed by atoms with Crippen molar-refractivity contribution in [1.29, 1.82) is 0 Å². The maximum Gasteiger partial charge on any atom is 0.408 e. The second kappa shape index (κ2) is 8.17. The highest BCUT2D eigenvalue weighted by Gasteiger charge is 2.46. The summed E-state index contributed by atoms with van der Waals surface area (Å²) in [6, 6.07) is 2.04. The summed E-state index contributed by atoms with van der Waals surface area (Å²) in [6.45, 7) is 3.15. The van der Waals surface area contributed by atoms with Gasteiger partial charge in [0.05, 0.1) is 0 Å². The molecule has 1 aromatic rings. The normalized spacial score (nSPS) is 17.6. The van der Waals surface area contributed by atoms with Crippen molar-refractivity contribution in [1.82, 2.24) is 10.2 Å². The minimum atomic E-state index is -4.48. The predicted molar refractivity (Wildman–Crippen MR) is 78.9 cm³/mol. The summed E-state index contributed by atoms with van der Waals surface area (Å²) in [5.41, 5.74) is 0.322. The summed E-state index contributed by atoms with van der Waals surface area (Å²) in [5.74, 6) is -0.791. The van der Waals surface area contributed by atoms with Gasteiger partial charge in [-0.05, 0) is 18.6 Å². The molecule has 0 aromatic heterocycles. The molecule has 2 nitrogen and oxygen atoms in total. The van der Waals surface area contributed by atoms with Gasteiger partial charge in [0.15, 0.2) is 0 Å². The van der Waals surface area contributed by atoms with Gasteiger partial charge in [-0.2, -0.15) is 13.2 Å². The van der Waals surface area contributed by atoms with E-state index < -0.39 is 18.0 Å². The van der Waals surface area contributed by atoms with Gasteiger partial charge in [0, 0.05) is 31.7 Å². The van der Waals surface area contributed by atoms with E-state index in [2.05, 4.69) is 5.32 Å². The molecule has 21 heavy (non-hydrogen) atoms. The van der Waals surface area contributed by atoms with Crippen molar-refractivity contribution < 1.29 is 17.6 Å². The molecule has 1 heterocycles. The zero-order valence-corrected chi connectivity index (χ0v) is 13.0. The van der Waals surface area contributed by atoms with Crippen LogP contribution in [-0.2, 0) is 0 Å². The molecule has 0 amide bonds. The Bertz CT molecular complexity index is 448. The van der Waals surface area contributed by atoms with E-state index in [0.717, 1.165) is 6.07 Å². The monoisotopic (exact) mass is 348 g/mol. The first-order valence-electron chi connectivity index (χ1n) is 6.17. The zero-order valence-electron chi connectivity index (χ0n) is 11.4. The van der Waals surface area contributed by atoms with Crippen LogP contribution in [0.4, 0.5) is 17.6 Å². The van der Waals surface area contributed by atoms with Crippen LogP contribution in [0.1, 0.15) is 17.2 Å². The third-order valence-electron chi connectivity index (χ3n) is 3.28. The van der Waals surface area contributed by atoms with Gasteiger partial charge in [-0.1, -0.05) is 12.1 Å². The van der Waals surface area contributed by atoms with E-state index in [1.54, 1.807) is 6.92 Å². The van der Waals surface area contributed by atoms with Crippen LogP contribution in [0.15, 0.2) is 18.2 Å². The molecule has 2 rings (SSSR count). The van der Waals surface area contributed by atoms with Gasteiger partial charge in [0.1, 0.15) is 11.9 Å². The first-order valence-corrected chi connectivity index (χ1v) is 6.17. The van der Waals surface area contributed by atoms with E-state index >= 15 is 0 Å². The molecule has 1 saturated heterocycles. The minimum Gasteiger partial charge on any atom is -0.314 e. The fraction of sp³-hybridized carbons (Fsp3) is 0.538. The Morgan fingerprint density at radius 1 is 1.14 bits per heavy atom. The molecule has 0 bridgehead atoms. The number of rotatable bonds is 2. The van der Waals surface area contributed by atoms with Gasteiger partial charge in [-0.15, -0.1) is 24.8 Å². The molecule has 1 aliphatic heterocycles. The van der Waals surface area contributed by atoms with Crippen LogP contribution >= 0.6 is 24.8 Å². The number of nitrogens with one attached hydrogen (secondary N) is 1. The second-order valence-corrected chi connectivity index (χ2v) is 4.76. The number of halogens is 6. The molecule has 1 aliphatic rings. The average molecular weight is 349 g/mol. The summed E-state index contributed by atoms with van der Waals surface area (Å²) in [4.78, 5) is 1.28. The Morgan fingerprint density at radius 2 is 1.71 bits per heavy atom. The number of alkyl halides is 3. The second-order valence-electron chi connectivity index (χ2n) is 4.76. The van der Waals surface area contributed by atoms with Crippen molar-refractivity contribution in [2.45, 2.75) is 19.1 Å². The van der Waals surface area contributed by atoms with Crippen molar-refractivity contribution in [3.63, 3.8) is 0 Å². The van der Waals surface area contributed by atoms with Crippen molar-refractivity contribution in [2.75, 3.05) is 26.2 Å². The molecule has 0 aliphatic carbocycles. The maximum absolute atomic E-state index is 13.8. The van der Waals surface area contributed by atoms with Crippen molar-refractivity contribution in [2.24, 2.45) is 0 Å². The number of nitrogens with zero attached hydrogens (tertiary/aromatic N) is 1. The lowest BCUT2D eigenvalue weighted by Crippen LogP contribution is -2.49. The largest absolute Gasteiger partial charge is 0.408 e. The lowest BCUT2D eigenvalue weighted by atomic mass is 10.0. The topological polar surface area (TPSA) is 15.3 Å². The van der Waals surface area contributed by atoms with Crippen molar-refractivity contribution in [3.8, 4) is 0 Å². The first-order chi connectivity index (χ1) is 8.89. The van der Waals surface area contributed by atoms with Gasteiger partial charge in [0.2, 0.25) is 0 Å². The van der Waals surface area contributed by atoms with Gasteiger partial charge >= 0.3 is 6.18 Å². The van der Waals surface area contributed by atoms with E-state index in [-0.39, 0.29) is 43.5 Å². The number of hydrogen-bond acceptors (Lipinski definition) is 2. The number of hydrogen-bond donors (Lipinski definition) is 1. The summed E-state index contributed by atoms with van der Waals surface area (Å²) < 4.78 is 53.6. The summed E-state index contributed by atoms with van der Waals surface area (Å²) in [6.07, 6.45) is -4.48. The summed E-state index contributed by atoms with van der Waals surface area (Å²) in [7, 11) is 0. The Hall–Kier alpha value is -0.560. The Morgan fingerprint density at radius 3 is 2.19 bits per heavy atom. The lowest BCUT2D eigenvalue weighted by Gasteiger charge is -2.36. The van der Waals surface area contributed by atoms with Gasteiger partial charge < -0.3 is 5.32 Å². The fourth-order valence-electron chi connectivity index (χ4n) is 2.37. The number of benzene rings is 1. The van der Waals surface area contributed by atoms with Gasteiger partial charge in [-0.3, -0.25) is 4.90 Å². The molecular weight excluding hydrogens is 331 g/mol. The Kier molecular flexibility index (Phi) is 7.95. The van der Waals surface area contributed by atoms with E-state index in [0.29, 0.717) is 18.7 Å². The minimum absolute atomic E-state index is 0. The highest BCUT2D eigenvalue weighted by atomic mass is 35.5. The summed E-state index contributed by atoms with van der Waals surface area (Å²) in [5, 5.41) is 2.99. The molecule has 122 valence electrons. The van der Waals surface area contributed by atoms with E-state index in [4.69, 9.17) is 0 Å². The van der Waals surface area contributed by atoms with E-state index in [1.165, 1.54) is 17.0 Å². The Balaban J connectivity index is 0.00000200. The van der Waals surface area contributed by atoms with Gasteiger partial charge in [0.25, 0.3) is 0 Å². The molecule has 8 heteroatoms. The standard InChI is InChI=1S/C13H16F4N2.2ClH/c1-9-2-3-10(11(14)8-9)12(13(15,16)17)19-6-4-18-5-7-19;;/h2-3,8,12,18H,4-7H2,1H3;2*1H/t12-;;/m1../s1. The Labute approximate surface area is 133 Å². The molecule has 0 unspecified atom stereocenters. The third-order valence-corrected chi connectivity index (χ3v) is 3.28. The number of piperazine rings is 1. The van der Waals surface area contributed by atoms with Crippen LogP contribution < -0.4 is 5.32 Å². The van der Waals surface area contributed by atoms with Crippen LogP contribution in [-0.4, -0.2) is 37.3 Å². The molecule has 1 atom stereocenters. The molecule has 1 N–H and O–H groups in total. The highest BCUT2D eigenvalue weighted by Crippen LogP contribution is 2.38. The first kappa shape index (κ1) is 20.4. The van der Waals surface area contributed by atoms with Gasteiger partial charge in [-0.25, -0.2) is 4.39 Å². The summed E-state index contributed by atoms with van der Waals surface area (Å²) >= 11 is 0. The molecule has 0 saturated carbocycles. The van der Waals surface area contributed by atoms with E-state index in [1.807, 2.05) is 0 Å². The van der Waals surface area contributed by atoms with Crippen LogP contribution in [0.3, 0.4) is 0 Å². The van der Waals surface area contributed by atoms with E-state index in [9.17, 15) is 17.6 Å². The van der Waals surface area contributed by atoms with Crippen LogP contribution in [0.2, 0.25) is 0 Å². The molecule has 1 aromatic carbocycles. The van der Waals surface area contributed by atoms with Crippen molar-refractivity contribution in [3.05, 3.63) is 35.1 Å². The smallest absolute Gasteiger partial charge is 0.314 e. The fourth-order valence-corrected chi connectivity index (χ4v) is 2.37. The molecule has 0 radical (unpaired) electrons. The molecule has 1 fully saturated rings. The van der Waals surface area contributed by atoms with Crippen LogP contribution in [0.5, 0.6) is 0 Å². The predicted octanol–water partition coefficient (Wildman–Crippen LogP) is 3.49.